The Morgan fingerprint density at radius 3 is 2.12 bits per heavy atom. The molecule has 2 N–H and O–H groups in total. The fourth-order valence-corrected chi connectivity index (χ4v) is 4.39. The molecule has 0 saturated carbocycles. The van der Waals surface area contributed by atoms with E-state index in [9.17, 15) is 36.2 Å². The SMILES string of the molecule is CC(CN1C[C@@H]2CC1C(O)N2c1cc(C(F)(F)F)cc(C(F)(F)F)c1)NC(=O)OC(C)(C)C. The first-order valence-electron chi connectivity index (χ1n) is 10.4. The van der Waals surface area contributed by atoms with Crippen LogP contribution >= 0.6 is 0 Å². The lowest BCUT2D eigenvalue weighted by Crippen LogP contribution is -2.56. The second-order valence-corrected chi connectivity index (χ2v) is 9.54. The minimum atomic E-state index is -4.96. The standard InChI is InChI=1S/C21H27F6N3O3/c1-11(28-18(32)33-19(2,3)4)9-29-10-15-8-16(29)17(31)30(15)14-6-12(20(22,23)24)5-13(7-14)21(25,26)27/h5-7,11,15-17,31H,8-10H2,1-4H3,(H,28,32)/t11?,15-,16?,17?/m0/s1. The molecule has 1 aromatic rings. The zero-order chi connectivity index (χ0) is 24.9. The van der Waals surface area contributed by atoms with Crippen molar-refractivity contribution in [3.05, 3.63) is 29.3 Å². The molecule has 2 aliphatic rings. The molecule has 0 aromatic heterocycles. The van der Waals surface area contributed by atoms with E-state index < -0.39 is 53.5 Å². The fraction of sp³-hybridized carbons (Fsp3) is 0.667. The number of aliphatic hydroxyl groups is 1. The highest BCUT2D eigenvalue weighted by Gasteiger charge is 2.50. The molecule has 2 bridgehead atoms. The Hall–Kier alpha value is -2.21. The molecule has 1 amide bonds. The third-order valence-electron chi connectivity index (χ3n) is 5.59. The number of ether oxygens (including phenoxy) is 1. The van der Waals surface area contributed by atoms with Gasteiger partial charge in [0.1, 0.15) is 11.8 Å². The number of aliphatic hydroxyl groups excluding tert-OH is 1. The van der Waals surface area contributed by atoms with Gasteiger partial charge in [0.2, 0.25) is 0 Å². The van der Waals surface area contributed by atoms with Crippen LogP contribution < -0.4 is 10.2 Å². The number of nitrogens with zero attached hydrogens (tertiary/aromatic N) is 2. The third kappa shape index (κ3) is 5.84. The summed E-state index contributed by atoms with van der Waals surface area (Å²) in [7, 11) is 0. The normalized spacial score (nSPS) is 24.8. The Bertz CT molecular complexity index is 849. The first-order valence-corrected chi connectivity index (χ1v) is 10.4. The van der Waals surface area contributed by atoms with Crippen LogP contribution in [0.4, 0.5) is 36.8 Å². The molecule has 2 fully saturated rings. The van der Waals surface area contributed by atoms with Gasteiger partial charge < -0.3 is 20.1 Å². The van der Waals surface area contributed by atoms with Gasteiger partial charge >= 0.3 is 18.4 Å². The molecule has 6 nitrogen and oxygen atoms in total. The van der Waals surface area contributed by atoms with E-state index >= 15 is 0 Å². The van der Waals surface area contributed by atoms with E-state index in [2.05, 4.69) is 5.32 Å². The van der Waals surface area contributed by atoms with Crippen LogP contribution in [0.1, 0.15) is 45.2 Å². The summed E-state index contributed by atoms with van der Waals surface area (Å²) in [6.45, 7) is 7.56. The summed E-state index contributed by atoms with van der Waals surface area (Å²) in [5.41, 5.74) is -3.84. The van der Waals surface area contributed by atoms with Gasteiger partial charge in [-0.1, -0.05) is 0 Å². The summed E-state index contributed by atoms with van der Waals surface area (Å²) in [5.74, 6) is 0. The lowest BCUT2D eigenvalue weighted by atomic mass is 10.1. The maximum atomic E-state index is 13.2. The minimum absolute atomic E-state index is 0.0700. The van der Waals surface area contributed by atoms with Crippen LogP contribution in [-0.4, -0.2) is 59.1 Å². The Balaban J connectivity index is 1.74. The van der Waals surface area contributed by atoms with E-state index in [0.29, 0.717) is 31.6 Å². The number of amides is 1. The van der Waals surface area contributed by atoms with Crippen LogP contribution in [-0.2, 0) is 17.1 Å². The lowest BCUT2D eigenvalue weighted by molar-refractivity contribution is -0.143. The van der Waals surface area contributed by atoms with E-state index in [1.165, 1.54) is 4.90 Å². The van der Waals surface area contributed by atoms with Crippen molar-refractivity contribution in [1.29, 1.82) is 0 Å². The van der Waals surface area contributed by atoms with Crippen LogP contribution in [0.3, 0.4) is 0 Å². The number of halogens is 6. The number of hydrogen-bond donors (Lipinski definition) is 2. The molecule has 3 rings (SSSR count). The third-order valence-corrected chi connectivity index (χ3v) is 5.59. The van der Waals surface area contributed by atoms with Crippen LogP contribution in [0.5, 0.6) is 0 Å². The molecule has 12 heteroatoms. The number of anilines is 1. The van der Waals surface area contributed by atoms with Crippen molar-refractivity contribution in [3.8, 4) is 0 Å². The van der Waals surface area contributed by atoms with Gasteiger partial charge in [-0.25, -0.2) is 4.79 Å². The number of benzene rings is 1. The number of carbonyl (C=O) groups is 1. The highest BCUT2D eigenvalue weighted by molar-refractivity contribution is 5.68. The van der Waals surface area contributed by atoms with Crippen molar-refractivity contribution in [1.82, 2.24) is 10.2 Å². The van der Waals surface area contributed by atoms with E-state index in [4.69, 9.17) is 4.74 Å². The van der Waals surface area contributed by atoms with Crippen molar-refractivity contribution in [2.45, 2.75) is 76.4 Å². The molecule has 186 valence electrons. The van der Waals surface area contributed by atoms with E-state index in [0.717, 1.165) is 0 Å². The number of carbonyl (C=O) groups excluding carboxylic acids is 1. The topological polar surface area (TPSA) is 65.0 Å². The zero-order valence-corrected chi connectivity index (χ0v) is 18.6. The Kier molecular flexibility index (Phi) is 6.57. The molecule has 2 aliphatic heterocycles. The molecule has 33 heavy (non-hydrogen) atoms. The van der Waals surface area contributed by atoms with Gasteiger partial charge in [-0.15, -0.1) is 0 Å². The Morgan fingerprint density at radius 1 is 1.12 bits per heavy atom. The smallest absolute Gasteiger partial charge is 0.416 e. The van der Waals surface area contributed by atoms with Gasteiger partial charge in [0.25, 0.3) is 0 Å². The minimum Gasteiger partial charge on any atom is -0.444 e. The molecule has 4 atom stereocenters. The van der Waals surface area contributed by atoms with Crippen molar-refractivity contribution >= 4 is 11.8 Å². The van der Waals surface area contributed by atoms with Gasteiger partial charge in [-0.2, -0.15) is 26.3 Å². The van der Waals surface area contributed by atoms with Crippen molar-refractivity contribution in [2.24, 2.45) is 0 Å². The number of rotatable bonds is 4. The Morgan fingerprint density at radius 2 is 1.67 bits per heavy atom. The molecule has 0 radical (unpaired) electrons. The number of alkyl carbamates (subject to hydrolysis) is 1. The average molecular weight is 483 g/mol. The molecule has 0 aliphatic carbocycles. The summed E-state index contributed by atoms with van der Waals surface area (Å²) in [6, 6.07) is 0.0164. The summed E-state index contributed by atoms with van der Waals surface area (Å²) in [6.07, 6.45) is -11.5. The number of nitrogens with one attached hydrogen (secondary N) is 1. The quantitative estimate of drug-likeness (QED) is 0.628. The Labute approximate surface area is 187 Å². The van der Waals surface area contributed by atoms with E-state index in [1.807, 2.05) is 4.90 Å². The summed E-state index contributed by atoms with van der Waals surface area (Å²) in [5, 5.41) is 13.4. The van der Waals surface area contributed by atoms with Crippen LogP contribution in [0.25, 0.3) is 0 Å². The first-order chi connectivity index (χ1) is 15.0. The first kappa shape index (κ1) is 25.4. The van der Waals surface area contributed by atoms with Gasteiger partial charge in [0.05, 0.1) is 17.2 Å². The number of piperazine rings is 1. The maximum absolute atomic E-state index is 13.2. The van der Waals surface area contributed by atoms with Crippen LogP contribution in [0, 0.1) is 0 Å². The number of alkyl halides is 6. The van der Waals surface area contributed by atoms with Gasteiger partial charge in [0, 0.05) is 30.9 Å². The monoisotopic (exact) mass is 483 g/mol. The van der Waals surface area contributed by atoms with Crippen molar-refractivity contribution in [3.63, 3.8) is 0 Å². The molecule has 3 unspecified atom stereocenters. The highest BCUT2D eigenvalue weighted by atomic mass is 19.4. The van der Waals surface area contributed by atoms with Gasteiger partial charge in [0.15, 0.2) is 0 Å². The lowest BCUT2D eigenvalue weighted by Gasteiger charge is -2.40. The predicted octanol–water partition coefficient (Wildman–Crippen LogP) is 4.22. The number of fused-ring (bicyclic) bond motifs is 2. The molecule has 1 aromatic carbocycles. The van der Waals surface area contributed by atoms with Crippen LogP contribution in [0.2, 0.25) is 0 Å². The van der Waals surface area contributed by atoms with Gasteiger partial charge in [-0.3, -0.25) is 4.90 Å². The molecule has 2 saturated heterocycles. The predicted molar refractivity (Wildman–Crippen MR) is 108 cm³/mol. The average Bonchev–Trinajstić information content (AvgIpc) is 3.15. The van der Waals surface area contributed by atoms with Gasteiger partial charge in [-0.05, 0) is 52.3 Å². The molecular weight excluding hydrogens is 456 g/mol. The van der Waals surface area contributed by atoms with Crippen molar-refractivity contribution < 1.29 is 41.0 Å². The van der Waals surface area contributed by atoms with E-state index in [1.54, 1.807) is 27.7 Å². The highest BCUT2D eigenvalue weighted by Crippen LogP contribution is 2.43. The summed E-state index contributed by atoms with van der Waals surface area (Å²) < 4.78 is 84.5. The largest absolute Gasteiger partial charge is 0.444 e. The summed E-state index contributed by atoms with van der Waals surface area (Å²) >= 11 is 0. The van der Waals surface area contributed by atoms with Crippen molar-refractivity contribution in [2.75, 3.05) is 18.0 Å². The number of likely N-dealkylation sites (tertiary alicyclic amines) is 1. The molecule has 2 heterocycles. The second-order valence-electron chi connectivity index (χ2n) is 9.54. The zero-order valence-electron chi connectivity index (χ0n) is 18.6. The van der Waals surface area contributed by atoms with Crippen LogP contribution in [0.15, 0.2) is 18.2 Å². The number of hydrogen-bond acceptors (Lipinski definition) is 5. The molecule has 0 spiro atoms. The maximum Gasteiger partial charge on any atom is 0.416 e. The van der Waals surface area contributed by atoms with E-state index in [-0.39, 0.29) is 17.8 Å². The second kappa shape index (κ2) is 8.53. The summed E-state index contributed by atoms with van der Waals surface area (Å²) in [4.78, 5) is 15.0. The molecular formula is C21H27F6N3O3. The fourth-order valence-electron chi connectivity index (χ4n) is 4.39.